The molecule has 1 rings (SSSR count). The Hall–Kier alpha value is -1.06. The van der Waals surface area contributed by atoms with Gasteiger partial charge in [-0.15, -0.1) is 0 Å². The summed E-state index contributed by atoms with van der Waals surface area (Å²) in [4.78, 5) is 13.4. The highest BCUT2D eigenvalue weighted by Crippen LogP contribution is 2.28. The number of hydrogen-bond donors (Lipinski definition) is 1. The SMILES string of the molecule is CC(=O)c1cc(Cl)cc(CN(C)C(C)C)c1O. The van der Waals surface area contributed by atoms with Crippen molar-refractivity contribution in [3.63, 3.8) is 0 Å². The maximum absolute atomic E-state index is 11.4. The van der Waals surface area contributed by atoms with Crippen molar-refractivity contribution in [3.05, 3.63) is 28.3 Å². The third kappa shape index (κ3) is 3.45. The van der Waals surface area contributed by atoms with Crippen LogP contribution in [0, 0.1) is 0 Å². The minimum Gasteiger partial charge on any atom is -0.507 e. The molecule has 0 heterocycles. The number of benzene rings is 1. The zero-order valence-electron chi connectivity index (χ0n) is 10.6. The number of Topliss-reactive ketones (excluding diaryl/α,β-unsaturated/α-hetero) is 1. The monoisotopic (exact) mass is 255 g/mol. The largest absolute Gasteiger partial charge is 0.507 e. The molecule has 0 fully saturated rings. The fourth-order valence-electron chi connectivity index (χ4n) is 1.50. The number of ketones is 1. The van der Waals surface area contributed by atoms with Crippen molar-refractivity contribution in [2.24, 2.45) is 0 Å². The lowest BCUT2D eigenvalue weighted by Gasteiger charge is -2.22. The summed E-state index contributed by atoms with van der Waals surface area (Å²) in [5.74, 6) is -0.146. The maximum atomic E-state index is 11.4. The highest BCUT2D eigenvalue weighted by molar-refractivity contribution is 6.31. The summed E-state index contributed by atoms with van der Waals surface area (Å²) < 4.78 is 0. The average Bonchev–Trinajstić information content (AvgIpc) is 2.22. The molecule has 0 amide bonds. The first-order valence-electron chi connectivity index (χ1n) is 5.55. The molecule has 4 heteroatoms. The van der Waals surface area contributed by atoms with Crippen LogP contribution in [0.4, 0.5) is 0 Å². The van der Waals surface area contributed by atoms with E-state index in [0.29, 0.717) is 23.2 Å². The fourth-order valence-corrected chi connectivity index (χ4v) is 1.74. The fraction of sp³-hybridized carbons (Fsp3) is 0.462. The number of aromatic hydroxyl groups is 1. The minimum atomic E-state index is -0.182. The van der Waals surface area contributed by atoms with Gasteiger partial charge in [-0.1, -0.05) is 11.6 Å². The van der Waals surface area contributed by atoms with E-state index in [0.717, 1.165) is 0 Å². The summed E-state index contributed by atoms with van der Waals surface area (Å²) in [5, 5.41) is 10.5. The van der Waals surface area contributed by atoms with E-state index in [4.69, 9.17) is 11.6 Å². The van der Waals surface area contributed by atoms with Crippen LogP contribution in [0.1, 0.15) is 36.7 Å². The summed E-state index contributed by atoms with van der Waals surface area (Å²) in [6, 6.07) is 3.55. The highest BCUT2D eigenvalue weighted by atomic mass is 35.5. The van der Waals surface area contributed by atoms with Crippen LogP contribution in [-0.2, 0) is 6.54 Å². The highest BCUT2D eigenvalue weighted by Gasteiger charge is 2.15. The van der Waals surface area contributed by atoms with Crippen molar-refractivity contribution < 1.29 is 9.90 Å². The van der Waals surface area contributed by atoms with Gasteiger partial charge in [-0.25, -0.2) is 0 Å². The number of phenols is 1. The third-order valence-corrected chi connectivity index (χ3v) is 3.05. The molecule has 0 aliphatic heterocycles. The van der Waals surface area contributed by atoms with E-state index >= 15 is 0 Å². The van der Waals surface area contributed by atoms with E-state index in [-0.39, 0.29) is 17.1 Å². The molecule has 0 saturated carbocycles. The molecule has 1 aromatic rings. The number of carbonyl (C=O) groups is 1. The molecule has 0 saturated heterocycles. The molecule has 1 N–H and O–H groups in total. The second-order valence-electron chi connectivity index (χ2n) is 4.53. The first-order chi connectivity index (χ1) is 7.82. The van der Waals surface area contributed by atoms with Gasteiger partial charge in [0.25, 0.3) is 0 Å². The summed E-state index contributed by atoms with van der Waals surface area (Å²) in [6.45, 7) is 6.10. The Morgan fingerprint density at radius 2 is 2.06 bits per heavy atom. The maximum Gasteiger partial charge on any atom is 0.163 e. The number of halogens is 1. The van der Waals surface area contributed by atoms with E-state index in [1.54, 1.807) is 6.07 Å². The molecule has 0 radical (unpaired) electrons. The lowest BCUT2D eigenvalue weighted by Crippen LogP contribution is -2.25. The van der Waals surface area contributed by atoms with Gasteiger partial charge in [0.1, 0.15) is 5.75 Å². The van der Waals surface area contributed by atoms with Crippen molar-refractivity contribution >= 4 is 17.4 Å². The lowest BCUT2D eigenvalue weighted by molar-refractivity contribution is 0.101. The average molecular weight is 256 g/mol. The lowest BCUT2D eigenvalue weighted by atomic mass is 10.1. The smallest absolute Gasteiger partial charge is 0.163 e. The summed E-state index contributed by atoms with van der Waals surface area (Å²) in [7, 11) is 1.96. The first-order valence-corrected chi connectivity index (χ1v) is 5.93. The molecule has 0 bridgehead atoms. The van der Waals surface area contributed by atoms with Gasteiger partial charge in [0.15, 0.2) is 5.78 Å². The van der Waals surface area contributed by atoms with Gasteiger partial charge < -0.3 is 5.11 Å². The van der Waals surface area contributed by atoms with Gasteiger partial charge in [0.2, 0.25) is 0 Å². The van der Waals surface area contributed by atoms with Crippen LogP contribution in [-0.4, -0.2) is 28.9 Å². The molecule has 0 aliphatic carbocycles. The second kappa shape index (κ2) is 5.52. The minimum absolute atomic E-state index is 0.0365. The van der Waals surface area contributed by atoms with Gasteiger partial charge in [-0.2, -0.15) is 0 Å². The van der Waals surface area contributed by atoms with Gasteiger partial charge >= 0.3 is 0 Å². The molecule has 0 spiro atoms. The first kappa shape index (κ1) is 14.0. The topological polar surface area (TPSA) is 40.5 Å². The molecule has 17 heavy (non-hydrogen) atoms. The standard InChI is InChI=1S/C13H18ClNO2/c1-8(2)15(4)7-10-5-11(14)6-12(9(3)16)13(10)17/h5-6,8,17H,7H2,1-4H3. The molecule has 1 aromatic carbocycles. The van der Waals surface area contributed by atoms with Crippen molar-refractivity contribution in [1.82, 2.24) is 4.90 Å². The Bertz CT molecular complexity index is 430. The van der Waals surface area contributed by atoms with Crippen LogP contribution >= 0.6 is 11.6 Å². The summed E-state index contributed by atoms with van der Waals surface area (Å²) in [6.07, 6.45) is 0. The van der Waals surface area contributed by atoms with E-state index < -0.39 is 0 Å². The Morgan fingerprint density at radius 3 is 2.53 bits per heavy atom. The van der Waals surface area contributed by atoms with Crippen molar-refractivity contribution in [2.75, 3.05) is 7.05 Å². The Kier molecular flexibility index (Phi) is 4.54. The molecule has 94 valence electrons. The Balaban J connectivity index is 3.12. The number of phenolic OH excluding ortho intramolecular Hbond substituents is 1. The number of hydrogen-bond acceptors (Lipinski definition) is 3. The van der Waals surface area contributed by atoms with Crippen LogP contribution in [0.2, 0.25) is 5.02 Å². The van der Waals surface area contributed by atoms with E-state index in [1.165, 1.54) is 13.0 Å². The van der Waals surface area contributed by atoms with Crippen LogP contribution < -0.4 is 0 Å². The number of nitrogens with zero attached hydrogens (tertiary/aromatic N) is 1. The molecular formula is C13H18ClNO2. The zero-order valence-corrected chi connectivity index (χ0v) is 11.4. The Morgan fingerprint density at radius 1 is 1.47 bits per heavy atom. The number of rotatable bonds is 4. The van der Waals surface area contributed by atoms with Gasteiger partial charge in [-0.3, -0.25) is 9.69 Å². The van der Waals surface area contributed by atoms with Crippen LogP contribution in [0.15, 0.2) is 12.1 Å². The van der Waals surface area contributed by atoms with Crippen molar-refractivity contribution in [1.29, 1.82) is 0 Å². The normalized spacial score (nSPS) is 11.2. The van der Waals surface area contributed by atoms with Gasteiger partial charge in [0.05, 0.1) is 5.56 Å². The predicted octanol–water partition coefficient (Wildman–Crippen LogP) is 3.09. The third-order valence-electron chi connectivity index (χ3n) is 2.83. The van der Waals surface area contributed by atoms with Crippen molar-refractivity contribution in [2.45, 2.75) is 33.4 Å². The van der Waals surface area contributed by atoms with Crippen LogP contribution in [0.25, 0.3) is 0 Å². The molecule has 0 aliphatic rings. The molecular weight excluding hydrogens is 238 g/mol. The van der Waals surface area contributed by atoms with Gasteiger partial charge in [0, 0.05) is 23.2 Å². The zero-order chi connectivity index (χ0) is 13.2. The quantitative estimate of drug-likeness (QED) is 0.841. The van der Waals surface area contributed by atoms with E-state index in [9.17, 15) is 9.90 Å². The number of carbonyl (C=O) groups excluding carboxylic acids is 1. The van der Waals surface area contributed by atoms with Gasteiger partial charge in [-0.05, 0) is 40.0 Å². The molecule has 3 nitrogen and oxygen atoms in total. The van der Waals surface area contributed by atoms with Crippen molar-refractivity contribution in [3.8, 4) is 5.75 Å². The molecule has 0 atom stereocenters. The predicted molar refractivity (Wildman–Crippen MR) is 69.7 cm³/mol. The second-order valence-corrected chi connectivity index (χ2v) is 4.96. The summed E-state index contributed by atoms with van der Waals surface area (Å²) >= 11 is 5.95. The summed E-state index contributed by atoms with van der Waals surface area (Å²) in [5.41, 5.74) is 0.962. The van der Waals surface area contributed by atoms with E-state index in [1.807, 2.05) is 7.05 Å². The molecule has 0 aromatic heterocycles. The Labute approximate surface area is 107 Å². The molecule has 0 unspecified atom stereocenters. The van der Waals surface area contributed by atoms with Crippen LogP contribution in [0.3, 0.4) is 0 Å². The van der Waals surface area contributed by atoms with Crippen LogP contribution in [0.5, 0.6) is 5.75 Å². The van der Waals surface area contributed by atoms with E-state index in [2.05, 4.69) is 18.7 Å².